The molecule has 1 saturated heterocycles. The molecule has 0 radical (unpaired) electrons. The number of benzene rings is 1. The molecule has 0 aliphatic carbocycles. The van der Waals surface area contributed by atoms with Gasteiger partial charge in [-0.3, -0.25) is 14.5 Å². The van der Waals surface area contributed by atoms with Crippen LogP contribution < -0.4 is 4.90 Å². The van der Waals surface area contributed by atoms with Crippen LogP contribution >= 0.6 is 0 Å². The van der Waals surface area contributed by atoms with E-state index in [1.165, 1.54) is 11.8 Å². The molecule has 1 fully saturated rings. The molecule has 1 aromatic rings. The second-order valence-corrected chi connectivity index (χ2v) is 6.30. The van der Waals surface area contributed by atoms with Gasteiger partial charge in [-0.25, -0.2) is 4.79 Å². The van der Waals surface area contributed by atoms with Crippen LogP contribution in [0.15, 0.2) is 24.3 Å². The monoisotopic (exact) mass is 315 g/mol. The van der Waals surface area contributed by atoms with Gasteiger partial charge in [-0.15, -0.1) is 0 Å². The lowest BCUT2D eigenvalue weighted by molar-refractivity contribution is -0.127. The lowest BCUT2D eigenvalue weighted by Crippen LogP contribution is -2.43. The van der Waals surface area contributed by atoms with Gasteiger partial charge in [-0.05, 0) is 31.9 Å². The Bertz CT molecular complexity index is 671. The number of carbonyl (C=O) groups is 3. The summed E-state index contributed by atoms with van der Waals surface area (Å²) in [6.07, 6.45) is 0.569. The number of carbonyl (C=O) groups excluding carboxylic acids is 3. The highest BCUT2D eigenvalue weighted by atomic mass is 16.2. The molecule has 0 aromatic heterocycles. The molecule has 6 nitrogen and oxygen atoms in total. The molecule has 122 valence electrons. The van der Waals surface area contributed by atoms with Crippen molar-refractivity contribution in [2.24, 2.45) is 0 Å². The fourth-order valence-electron chi connectivity index (χ4n) is 3.38. The maximum Gasteiger partial charge on any atom is 0.328 e. The largest absolute Gasteiger partial charge is 0.328 e. The summed E-state index contributed by atoms with van der Waals surface area (Å²) >= 11 is 0. The third-order valence-electron chi connectivity index (χ3n) is 4.55. The fourth-order valence-corrected chi connectivity index (χ4v) is 3.38. The molecule has 2 aliphatic heterocycles. The summed E-state index contributed by atoms with van der Waals surface area (Å²) in [6, 6.07) is 6.96. The smallest absolute Gasteiger partial charge is 0.313 e. The number of para-hydroxylation sites is 1. The molecule has 23 heavy (non-hydrogen) atoms. The van der Waals surface area contributed by atoms with Crippen molar-refractivity contribution >= 4 is 23.5 Å². The highest BCUT2D eigenvalue weighted by Crippen LogP contribution is 2.39. The zero-order valence-corrected chi connectivity index (χ0v) is 13.7. The average Bonchev–Trinajstić information content (AvgIpc) is 2.81. The van der Waals surface area contributed by atoms with Gasteiger partial charge in [0.1, 0.15) is 6.54 Å². The lowest BCUT2D eigenvalue weighted by atomic mass is 9.95. The molecule has 2 heterocycles. The van der Waals surface area contributed by atoms with Gasteiger partial charge in [0.2, 0.25) is 5.91 Å². The molecule has 3 rings (SSSR count). The van der Waals surface area contributed by atoms with Crippen LogP contribution in [-0.4, -0.2) is 46.8 Å². The Balaban J connectivity index is 1.98. The summed E-state index contributed by atoms with van der Waals surface area (Å²) < 4.78 is 0. The van der Waals surface area contributed by atoms with Gasteiger partial charge >= 0.3 is 6.03 Å². The summed E-state index contributed by atoms with van der Waals surface area (Å²) in [7, 11) is 0. The Morgan fingerprint density at radius 3 is 2.52 bits per heavy atom. The maximum atomic E-state index is 12.6. The standard InChI is InChI=1S/C17H21N3O3/c1-11(2)19-10-16(22)20(17(19)23)15-8-9-18(12(3)21)14-7-5-4-6-13(14)15/h4-7,11,15H,8-10H2,1-3H3. The van der Waals surface area contributed by atoms with E-state index in [1.807, 2.05) is 38.1 Å². The fraction of sp³-hybridized carbons (Fsp3) is 0.471. The summed E-state index contributed by atoms with van der Waals surface area (Å²) in [6.45, 7) is 5.98. The van der Waals surface area contributed by atoms with E-state index in [-0.39, 0.29) is 36.5 Å². The Hall–Kier alpha value is -2.37. The minimum atomic E-state index is -0.300. The van der Waals surface area contributed by atoms with Crippen LogP contribution in [0.25, 0.3) is 0 Å². The van der Waals surface area contributed by atoms with E-state index >= 15 is 0 Å². The third-order valence-corrected chi connectivity index (χ3v) is 4.55. The van der Waals surface area contributed by atoms with Crippen molar-refractivity contribution in [2.45, 2.75) is 39.3 Å². The predicted molar refractivity (Wildman–Crippen MR) is 85.9 cm³/mol. The molecule has 1 unspecified atom stereocenters. The maximum absolute atomic E-state index is 12.6. The minimum Gasteiger partial charge on any atom is -0.313 e. The van der Waals surface area contributed by atoms with Gasteiger partial charge in [-0.2, -0.15) is 0 Å². The molecular formula is C17H21N3O3. The molecular weight excluding hydrogens is 294 g/mol. The van der Waals surface area contributed by atoms with E-state index in [2.05, 4.69) is 0 Å². The molecule has 4 amide bonds. The first-order chi connectivity index (χ1) is 10.9. The van der Waals surface area contributed by atoms with Crippen LogP contribution in [0.4, 0.5) is 10.5 Å². The third kappa shape index (κ3) is 2.48. The van der Waals surface area contributed by atoms with Gasteiger partial charge in [0.05, 0.1) is 6.04 Å². The topological polar surface area (TPSA) is 60.9 Å². The van der Waals surface area contributed by atoms with E-state index < -0.39 is 0 Å². The highest BCUT2D eigenvalue weighted by molar-refractivity contribution is 6.03. The van der Waals surface area contributed by atoms with Gasteiger partial charge in [-0.1, -0.05) is 18.2 Å². The summed E-state index contributed by atoms with van der Waals surface area (Å²) in [5.41, 5.74) is 1.65. The second kappa shape index (κ2) is 5.68. The summed E-state index contributed by atoms with van der Waals surface area (Å²) in [5.74, 6) is -0.196. The lowest BCUT2D eigenvalue weighted by Gasteiger charge is -2.37. The van der Waals surface area contributed by atoms with Crippen LogP contribution in [-0.2, 0) is 9.59 Å². The van der Waals surface area contributed by atoms with Crippen LogP contribution in [0.5, 0.6) is 0 Å². The van der Waals surface area contributed by atoms with Crippen molar-refractivity contribution in [2.75, 3.05) is 18.0 Å². The number of fused-ring (bicyclic) bond motifs is 1. The van der Waals surface area contributed by atoms with E-state index in [1.54, 1.807) is 9.80 Å². The van der Waals surface area contributed by atoms with Crippen LogP contribution in [0.1, 0.15) is 38.8 Å². The number of anilines is 1. The number of hydrogen-bond acceptors (Lipinski definition) is 3. The molecule has 0 N–H and O–H groups in total. The van der Waals surface area contributed by atoms with Crippen molar-refractivity contribution in [3.8, 4) is 0 Å². The van der Waals surface area contributed by atoms with Gasteiger partial charge in [0, 0.05) is 25.2 Å². The molecule has 0 bridgehead atoms. The summed E-state index contributed by atoms with van der Waals surface area (Å²) in [5, 5.41) is 0. The Kier molecular flexibility index (Phi) is 3.83. The average molecular weight is 315 g/mol. The molecule has 2 aliphatic rings. The quantitative estimate of drug-likeness (QED) is 0.786. The summed E-state index contributed by atoms with van der Waals surface area (Å²) in [4.78, 5) is 41.5. The van der Waals surface area contributed by atoms with E-state index in [0.29, 0.717) is 13.0 Å². The van der Waals surface area contributed by atoms with Crippen molar-refractivity contribution in [1.29, 1.82) is 0 Å². The first-order valence-electron chi connectivity index (χ1n) is 7.91. The Morgan fingerprint density at radius 1 is 1.22 bits per heavy atom. The van der Waals surface area contributed by atoms with E-state index in [0.717, 1.165) is 11.3 Å². The zero-order valence-electron chi connectivity index (χ0n) is 13.7. The first kappa shape index (κ1) is 15.5. The number of rotatable bonds is 2. The van der Waals surface area contributed by atoms with Crippen molar-refractivity contribution < 1.29 is 14.4 Å². The number of urea groups is 1. The van der Waals surface area contributed by atoms with E-state index in [9.17, 15) is 14.4 Å². The SMILES string of the molecule is CC(=O)N1CCC(N2C(=O)CN(C(C)C)C2=O)c2ccccc21. The molecule has 0 spiro atoms. The van der Waals surface area contributed by atoms with Crippen LogP contribution in [0.2, 0.25) is 0 Å². The molecule has 6 heteroatoms. The highest BCUT2D eigenvalue weighted by Gasteiger charge is 2.44. The van der Waals surface area contributed by atoms with Crippen molar-refractivity contribution in [1.82, 2.24) is 9.80 Å². The van der Waals surface area contributed by atoms with Gasteiger partial charge in [0.25, 0.3) is 5.91 Å². The zero-order chi connectivity index (χ0) is 16.7. The van der Waals surface area contributed by atoms with Crippen LogP contribution in [0.3, 0.4) is 0 Å². The molecule has 1 aromatic carbocycles. The van der Waals surface area contributed by atoms with Crippen molar-refractivity contribution in [3.05, 3.63) is 29.8 Å². The first-order valence-corrected chi connectivity index (χ1v) is 7.91. The van der Waals surface area contributed by atoms with E-state index in [4.69, 9.17) is 0 Å². The number of imide groups is 1. The van der Waals surface area contributed by atoms with Gasteiger partial charge < -0.3 is 9.80 Å². The predicted octanol–water partition coefficient (Wildman–Crippen LogP) is 2.16. The molecule has 1 atom stereocenters. The van der Waals surface area contributed by atoms with Crippen molar-refractivity contribution in [3.63, 3.8) is 0 Å². The number of amides is 4. The van der Waals surface area contributed by atoms with Crippen LogP contribution in [0, 0.1) is 0 Å². The number of nitrogens with zero attached hydrogens (tertiary/aromatic N) is 3. The van der Waals surface area contributed by atoms with Gasteiger partial charge in [0.15, 0.2) is 0 Å². The Labute approximate surface area is 135 Å². The molecule has 0 saturated carbocycles. The second-order valence-electron chi connectivity index (χ2n) is 6.30. The Morgan fingerprint density at radius 2 is 1.91 bits per heavy atom. The normalized spacial score (nSPS) is 21.2. The number of hydrogen-bond donors (Lipinski definition) is 0. The minimum absolute atomic E-state index is 0.0102.